The molecule has 1 unspecified atom stereocenters. The van der Waals surface area contributed by atoms with Crippen LogP contribution in [0, 0.1) is 0 Å². The van der Waals surface area contributed by atoms with Crippen LogP contribution in [0.1, 0.15) is 84.0 Å². The average Bonchev–Trinajstić information content (AvgIpc) is 2.35. The Labute approximate surface area is 118 Å². The lowest BCUT2D eigenvalue weighted by Gasteiger charge is -2.10. The van der Waals surface area contributed by atoms with Gasteiger partial charge in [-0.15, -0.1) is 0 Å². The van der Waals surface area contributed by atoms with Crippen LogP contribution in [0.5, 0.6) is 0 Å². The second-order valence-corrected chi connectivity index (χ2v) is 5.24. The molecule has 0 aliphatic rings. The molecular weight excluding hydrogens is 243 g/mol. The van der Waals surface area contributed by atoms with E-state index < -0.39 is 13.6 Å². The molecule has 5 heteroatoms. The quantitative estimate of drug-likeness (QED) is 0.259. The van der Waals surface area contributed by atoms with Crippen molar-refractivity contribution in [2.75, 3.05) is 0 Å². The first-order valence-corrected chi connectivity index (χ1v) is 7.86. The third-order valence-corrected chi connectivity index (χ3v) is 3.33. The lowest BCUT2D eigenvalue weighted by atomic mass is 10.1. The number of hydrogen-bond donors (Lipinski definition) is 3. The molecule has 0 fully saturated rings. The van der Waals surface area contributed by atoms with Crippen LogP contribution in [0.25, 0.3) is 0 Å². The number of aliphatic hydroxyl groups is 1. The zero-order valence-corrected chi connectivity index (χ0v) is 12.4. The van der Waals surface area contributed by atoms with E-state index in [1.807, 2.05) is 0 Å². The predicted molar refractivity (Wildman–Crippen MR) is 78.4 cm³/mol. The summed E-state index contributed by atoms with van der Waals surface area (Å²) in [4.78, 5) is 0. The molecule has 0 amide bonds. The molecule has 3 N–H and O–H groups in total. The summed E-state index contributed by atoms with van der Waals surface area (Å²) in [5.74, 6) is 0. The fourth-order valence-corrected chi connectivity index (χ4v) is 2.19. The van der Waals surface area contributed by atoms with E-state index >= 15 is 0 Å². The lowest BCUT2D eigenvalue weighted by molar-refractivity contribution is -0.0535. The highest BCUT2D eigenvalue weighted by Gasteiger charge is 2.14. The average molecular weight is 274 g/mol. The van der Waals surface area contributed by atoms with Crippen LogP contribution in [0.2, 0.25) is 0 Å². The van der Waals surface area contributed by atoms with E-state index in [1.54, 1.807) is 0 Å². The molecule has 0 saturated heterocycles. The summed E-state index contributed by atoms with van der Waals surface area (Å²) in [5, 5.41) is 26.2. The summed E-state index contributed by atoms with van der Waals surface area (Å²) in [5.41, 5.74) is 0. The minimum atomic E-state index is -1.87. The zero-order chi connectivity index (χ0) is 14.3. The molecule has 1 atom stereocenters. The first-order valence-electron chi connectivity index (χ1n) is 7.86. The SMILES string of the molecule is CCCCCCCCCCCCCC(O)OB(O)O. The first-order chi connectivity index (χ1) is 9.16. The van der Waals surface area contributed by atoms with E-state index in [2.05, 4.69) is 11.6 Å². The van der Waals surface area contributed by atoms with E-state index in [-0.39, 0.29) is 0 Å². The molecule has 4 nitrogen and oxygen atoms in total. The van der Waals surface area contributed by atoms with Crippen molar-refractivity contribution in [2.45, 2.75) is 90.3 Å². The summed E-state index contributed by atoms with van der Waals surface area (Å²) in [7, 11) is -1.87. The second kappa shape index (κ2) is 14.3. The molecule has 0 aliphatic heterocycles. The molecule has 0 aliphatic carbocycles. The first kappa shape index (κ1) is 18.9. The number of hydrogen-bond acceptors (Lipinski definition) is 4. The van der Waals surface area contributed by atoms with Crippen LogP contribution in [-0.4, -0.2) is 28.8 Å². The summed E-state index contributed by atoms with van der Waals surface area (Å²) >= 11 is 0. The molecule has 0 aromatic heterocycles. The Balaban J connectivity index is 3.06. The van der Waals surface area contributed by atoms with Crippen LogP contribution in [0.3, 0.4) is 0 Å². The standard InChI is InChI=1S/C14H31BO4/c1-2-3-4-5-6-7-8-9-10-11-12-13-14(16)19-15(17)18/h14,16-18H,2-13H2,1H3. The van der Waals surface area contributed by atoms with Gasteiger partial charge >= 0.3 is 7.32 Å². The van der Waals surface area contributed by atoms with Gasteiger partial charge in [-0.3, -0.25) is 0 Å². The second-order valence-electron chi connectivity index (χ2n) is 5.24. The third-order valence-electron chi connectivity index (χ3n) is 3.33. The predicted octanol–water partition coefficient (Wildman–Crippen LogP) is 2.99. The van der Waals surface area contributed by atoms with Gasteiger partial charge in [-0.25, -0.2) is 0 Å². The van der Waals surface area contributed by atoms with Gasteiger partial charge in [-0.2, -0.15) is 0 Å². The largest absolute Gasteiger partial charge is 0.635 e. The van der Waals surface area contributed by atoms with Crippen molar-refractivity contribution in [1.82, 2.24) is 0 Å². The van der Waals surface area contributed by atoms with E-state index in [4.69, 9.17) is 10.0 Å². The molecule has 0 heterocycles. The fourth-order valence-electron chi connectivity index (χ4n) is 2.19. The number of unbranched alkanes of at least 4 members (excludes halogenated alkanes) is 10. The fraction of sp³-hybridized carbons (Fsp3) is 1.00. The highest BCUT2D eigenvalue weighted by Crippen LogP contribution is 2.12. The highest BCUT2D eigenvalue weighted by molar-refractivity contribution is 6.32. The molecule has 0 rings (SSSR count). The van der Waals surface area contributed by atoms with Gasteiger partial charge in [0.2, 0.25) is 0 Å². The monoisotopic (exact) mass is 274 g/mol. The van der Waals surface area contributed by atoms with Gasteiger partial charge in [-0.05, 0) is 12.8 Å². The topological polar surface area (TPSA) is 69.9 Å². The van der Waals surface area contributed by atoms with Gasteiger partial charge in [0.1, 0.15) is 6.29 Å². The molecule has 0 spiro atoms. The van der Waals surface area contributed by atoms with Crippen molar-refractivity contribution in [3.05, 3.63) is 0 Å². The van der Waals surface area contributed by atoms with Crippen molar-refractivity contribution in [1.29, 1.82) is 0 Å². The summed E-state index contributed by atoms with van der Waals surface area (Å²) in [6.07, 6.45) is 13.2. The van der Waals surface area contributed by atoms with E-state index in [0.717, 1.165) is 12.8 Å². The smallest absolute Gasteiger partial charge is 0.402 e. The maximum Gasteiger partial charge on any atom is 0.635 e. The molecule has 0 aromatic carbocycles. The Morgan fingerprint density at radius 3 is 1.63 bits per heavy atom. The van der Waals surface area contributed by atoms with Gasteiger partial charge in [-0.1, -0.05) is 71.1 Å². The van der Waals surface area contributed by atoms with Crippen molar-refractivity contribution in [3.8, 4) is 0 Å². The molecule has 0 aromatic rings. The van der Waals surface area contributed by atoms with Crippen LogP contribution < -0.4 is 0 Å². The summed E-state index contributed by atoms with van der Waals surface area (Å²) in [6.45, 7) is 2.24. The van der Waals surface area contributed by atoms with Crippen LogP contribution in [0.4, 0.5) is 0 Å². The van der Waals surface area contributed by atoms with Crippen molar-refractivity contribution in [3.63, 3.8) is 0 Å². The molecule has 0 bridgehead atoms. The minimum absolute atomic E-state index is 0.467. The van der Waals surface area contributed by atoms with Gasteiger partial charge in [0.15, 0.2) is 0 Å². The van der Waals surface area contributed by atoms with Gasteiger partial charge < -0.3 is 19.8 Å². The molecular formula is C14H31BO4. The highest BCUT2D eigenvalue weighted by atomic mass is 16.7. The van der Waals surface area contributed by atoms with Gasteiger partial charge in [0.05, 0.1) is 0 Å². The Morgan fingerprint density at radius 2 is 1.21 bits per heavy atom. The lowest BCUT2D eigenvalue weighted by Crippen LogP contribution is -2.25. The third kappa shape index (κ3) is 15.8. The Bertz CT molecular complexity index is 179. The van der Waals surface area contributed by atoms with E-state index in [0.29, 0.717) is 6.42 Å². The van der Waals surface area contributed by atoms with Crippen molar-refractivity contribution >= 4 is 7.32 Å². The van der Waals surface area contributed by atoms with Crippen molar-refractivity contribution in [2.24, 2.45) is 0 Å². The van der Waals surface area contributed by atoms with Crippen molar-refractivity contribution < 1.29 is 19.8 Å². The number of rotatable bonds is 14. The van der Waals surface area contributed by atoms with Gasteiger partial charge in [0, 0.05) is 0 Å². The number of aliphatic hydroxyl groups excluding tert-OH is 1. The molecule has 0 radical (unpaired) electrons. The summed E-state index contributed by atoms with van der Waals surface area (Å²) < 4.78 is 4.41. The van der Waals surface area contributed by atoms with E-state index in [1.165, 1.54) is 57.8 Å². The molecule has 19 heavy (non-hydrogen) atoms. The maximum atomic E-state index is 9.22. The Hall–Kier alpha value is -0.0951. The zero-order valence-electron chi connectivity index (χ0n) is 12.4. The van der Waals surface area contributed by atoms with E-state index in [9.17, 15) is 5.11 Å². The normalized spacial score (nSPS) is 12.6. The summed E-state index contributed by atoms with van der Waals surface area (Å²) in [6, 6.07) is 0. The van der Waals surface area contributed by atoms with Gasteiger partial charge in [0.25, 0.3) is 0 Å². The van der Waals surface area contributed by atoms with Crippen LogP contribution in [-0.2, 0) is 4.65 Å². The molecule has 0 saturated carbocycles. The van der Waals surface area contributed by atoms with Crippen LogP contribution >= 0.6 is 0 Å². The Morgan fingerprint density at radius 1 is 0.789 bits per heavy atom. The molecule has 114 valence electrons. The van der Waals surface area contributed by atoms with Crippen LogP contribution in [0.15, 0.2) is 0 Å². The minimum Gasteiger partial charge on any atom is -0.402 e. The Kier molecular flexibility index (Phi) is 14.2. The maximum absolute atomic E-state index is 9.22.